The van der Waals surface area contributed by atoms with Crippen LogP contribution in [0.15, 0.2) is 35.7 Å². The number of methoxy groups -OCH3 is 2. The molecule has 0 bridgehead atoms. The maximum absolute atomic E-state index is 12.4. The molecule has 0 saturated carbocycles. The van der Waals surface area contributed by atoms with Crippen molar-refractivity contribution in [2.75, 3.05) is 20.8 Å². The molecule has 5 nitrogen and oxygen atoms in total. The van der Waals surface area contributed by atoms with Gasteiger partial charge < -0.3 is 14.8 Å². The highest BCUT2D eigenvalue weighted by Crippen LogP contribution is 2.29. The molecule has 0 aliphatic carbocycles. The molecule has 1 N–H and O–H groups in total. The molecule has 0 atom stereocenters. The maximum Gasteiger partial charge on any atom is 0.255 e. The third-order valence-corrected chi connectivity index (χ3v) is 5.78. The topological polar surface area (TPSA) is 60.5 Å². The van der Waals surface area contributed by atoms with E-state index in [9.17, 15) is 4.79 Å². The molecule has 0 radical (unpaired) electrons. The van der Waals surface area contributed by atoms with Crippen molar-refractivity contribution in [1.82, 2.24) is 10.3 Å². The highest BCUT2D eigenvalue weighted by atomic mass is 32.1. The molecule has 7 heteroatoms. The fourth-order valence-electron chi connectivity index (χ4n) is 2.51. The Morgan fingerprint density at radius 3 is 2.73 bits per heavy atom. The lowest BCUT2D eigenvalue weighted by molar-refractivity contribution is 0.0951. The molecule has 1 amide bonds. The summed E-state index contributed by atoms with van der Waals surface area (Å²) < 4.78 is 10.4. The van der Waals surface area contributed by atoms with E-state index in [1.54, 1.807) is 55.1 Å². The number of hydrogen-bond acceptors (Lipinski definition) is 6. The van der Waals surface area contributed by atoms with Crippen molar-refractivity contribution >= 4 is 28.6 Å². The van der Waals surface area contributed by atoms with Gasteiger partial charge in [0, 0.05) is 22.9 Å². The van der Waals surface area contributed by atoms with E-state index in [4.69, 9.17) is 9.47 Å². The van der Waals surface area contributed by atoms with Gasteiger partial charge in [0.25, 0.3) is 5.91 Å². The Hall–Kier alpha value is -2.38. The summed E-state index contributed by atoms with van der Waals surface area (Å²) in [6.45, 7) is 2.57. The van der Waals surface area contributed by atoms with E-state index in [-0.39, 0.29) is 5.91 Å². The van der Waals surface area contributed by atoms with Crippen LogP contribution >= 0.6 is 22.7 Å². The van der Waals surface area contributed by atoms with Gasteiger partial charge in [-0.3, -0.25) is 4.79 Å². The van der Waals surface area contributed by atoms with E-state index in [0.717, 1.165) is 22.0 Å². The van der Waals surface area contributed by atoms with E-state index < -0.39 is 0 Å². The second-order valence-electron chi connectivity index (χ2n) is 5.59. The summed E-state index contributed by atoms with van der Waals surface area (Å²) in [7, 11) is 3.12. The molecule has 0 unspecified atom stereocenters. The number of aryl methyl sites for hydroxylation is 1. The zero-order valence-electron chi connectivity index (χ0n) is 14.9. The number of thiazole rings is 1. The fraction of sp³-hybridized carbons (Fsp3) is 0.263. The lowest BCUT2D eigenvalue weighted by Crippen LogP contribution is -2.25. The first-order chi connectivity index (χ1) is 12.6. The minimum atomic E-state index is -0.156. The molecule has 26 heavy (non-hydrogen) atoms. The highest BCUT2D eigenvalue weighted by molar-refractivity contribution is 7.16. The van der Waals surface area contributed by atoms with Gasteiger partial charge in [-0.1, -0.05) is 0 Å². The number of nitrogens with one attached hydrogen (secondary N) is 1. The predicted molar refractivity (Wildman–Crippen MR) is 106 cm³/mol. The van der Waals surface area contributed by atoms with Gasteiger partial charge >= 0.3 is 0 Å². The lowest BCUT2D eigenvalue weighted by atomic mass is 10.1. The Morgan fingerprint density at radius 1 is 1.19 bits per heavy atom. The van der Waals surface area contributed by atoms with Crippen molar-refractivity contribution in [1.29, 1.82) is 0 Å². The number of aromatic nitrogens is 1. The Bertz CT molecular complexity index is 902. The predicted octanol–water partition coefficient (Wildman–Crippen LogP) is 4.17. The summed E-state index contributed by atoms with van der Waals surface area (Å²) in [5.41, 5.74) is 1.52. The molecule has 3 rings (SSSR count). The largest absolute Gasteiger partial charge is 0.497 e. The standard InChI is InChI=1S/C19H20N2O3S2/c1-12-21-16(11-25-12)18-7-5-14(26-18)8-9-20-19(22)15-6-4-13(23-2)10-17(15)24-3/h4-7,10-11H,8-9H2,1-3H3,(H,20,22). The minimum Gasteiger partial charge on any atom is -0.497 e. The van der Waals surface area contributed by atoms with Crippen molar-refractivity contribution in [2.24, 2.45) is 0 Å². The lowest BCUT2D eigenvalue weighted by Gasteiger charge is -2.10. The van der Waals surface area contributed by atoms with Crippen LogP contribution < -0.4 is 14.8 Å². The number of nitrogens with zero attached hydrogens (tertiary/aromatic N) is 1. The number of thiophene rings is 1. The first kappa shape index (κ1) is 18.4. The summed E-state index contributed by atoms with van der Waals surface area (Å²) in [4.78, 5) is 19.3. The molecule has 2 aromatic heterocycles. The second-order valence-corrected chi connectivity index (χ2v) is 7.82. The molecule has 2 heterocycles. The normalized spacial score (nSPS) is 10.6. The number of amides is 1. The molecular weight excluding hydrogens is 368 g/mol. The summed E-state index contributed by atoms with van der Waals surface area (Å²) in [5, 5.41) is 6.08. The van der Waals surface area contributed by atoms with Crippen LogP contribution in [0.1, 0.15) is 20.2 Å². The maximum atomic E-state index is 12.4. The SMILES string of the molecule is COc1ccc(C(=O)NCCc2ccc(-c3csc(C)n3)s2)c(OC)c1. The summed E-state index contributed by atoms with van der Waals surface area (Å²) in [6.07, 6.45) is 0.776. The van der Waals surface area contributed by atoms with Crippen molar-refractivity contribution in [3.8, 4) is 22.1 Å². The average molecular weight is 389 g/mol. The number of carbonyl (C=O) groups excluding carboxylic acids is 1. The van der Waals surface area contributed by atoms with Gasteiger partial charge in [0.1, 0.15) is 11.5 Å². The first-order valence-electron chi connectivity index (χ1n) is 8.12. The van der Waals surface area contributed by atoms with E-state index in [0.29, 0.717) is 23.6 Å². The van der Waals surface area contributed by atoms with Crippen molar-refractivity contribution in [3.05, 3.63) is 51.2 Å². The van der Waals surface area contributed by atoms with Gasteiger partial charge in [0.2, 0.25) is 0 Å². The Labute approximate surface area is 160 Å². The van der Waals surface area contributed by atoms with E-state index in [1.165, 1.54) is 4.88 Å². The molecule has 136 valence electrons. The van der Waals surface area contributed by atoms with Crippen LogP contribution in [0.2, 0.25) is 0 Å². The van der Waals surface area contributed by atoms with Crippen LogP contribution in [0.5, 0.6) is 11.5 Å². The number of ether oxygens (including phenoxy) is 2. The van der Waals surface area contributed by atoms with Gasteiger partial charge in [-0.25, -0.2) is 4.98 Å². The fourth-order valence-corrected chi connectivity index (χ4v) is 4.16. The van der Waals surface area contributed by atoms with E-state index in [2.05, 4.69) is 27.8 Å². The first-order valence-corrected chi connectivity index (χ1v) is 9.81. The molecule has 0 fully saturated rings. The third-order valence-electron chi connectivity index (χ3n) is 3.84. The molecular formula is C19H20N2O3S2. The Morgan fingerprint density at radius 2 is 2.04 bits per heavy atom. The van der Waals surface area contributed by atoms with Crippen LogP contribution in [0.25, 0.3) is 10.6 Å². The van der Waals surface area contributed by atoms with Crippen LogP contribution in [0, 0.1) is 6.92 Å². The van der Waals surface area contributed by atoms with Crippen molar-refractivity contribution < 1.29 is 14.3 Å². The van der Waals surface area contributed by atoms with Crippen LogP contribution in [-0.4, -0.2) is 31.7 Å². The molecule has 1 aromatic carbocycles. The number of carbonyl (C=O) groups is 1. The zero-order valence-corrected chi connectivity index (χ0v) is 16.5. The molecule has 3 aromatic rings. The number of hydrogen-bond donors (Lipinski definition) is 1. The average Bonchev–Trinajstić information content (AvgIpc) is 3.30. The summed E-state index contributed by atoms with van der Waals surface area (Å²) in [5.74, 6) is 0.998. The van der Waals surface area contributed by atoms with Crippen LogP contribution in [0.4, 0.5) is 0 Å². The van der Waals surface area contributed by atoms with Gasteiger partial charge in [-0.2, -0.15) is 0 Å². The smallest absolute Gasteiger partial charge is 0.255 e. The van der Waals surface area contributed by atoms with Gasteiger partial charge in [-0.05, 0) is 37.6 Å². The van der Waals surface area contributed by atoms with Crippen LogP contribution in [-0.2, 0) is 6.42 Å². The molecule has 0 spiro atoms. The Kier molecular flexibility index (Phi) is 5.90. The second kappa shape index (κ2) is 8.33. The van der Waals surface area contributed by atoms with E-state index in [1.807, 2.05) is 6.92 Å². The molecule has 0 saturated heterocycles. The van der Waals surface area contributed by atoms with E-state index >= 15 is 0 Å². The number of rotatable bonds is 7. The van der Waals surface area contributed by atoms with Gasteiger partial charge in [0.15, 0.2) is 0 Å². The summed E-state index contributed by atoms with van der Waals surface area (Å²) in [6, 6.07) is 9.34. The number of benzene rings is 1. The molecule has 0 aliphatic rings. The molecule has 0 aliphatic heterocycles. The zero-order chi connectivity index (χ0) is 18.5. The van der Waals surface area contributed by atoms with Gasteiger partial charge in [0.05, 0.1) is 35.4 Å². The van der Waals surface area contributed by atoms with Crippen LogP contribution in [0.3, 0.4) is 0 Å². The monoisotopic (exact) mass is 388 g/mol. The summed E-state index contributed by atoms with van der Waals surface area (Å²) >= 11 is 3.36. The van der Waals surface area contributed by atoms with Gasteiger partial charge in [-0.15, -0.1) is 22.7 Å². The Balaban J connectivity index is 1.58. The van der Waals surface area contributed by atoms with Crippen molar-refractivity contribution in [2.45, 2.75) is 13.3 Å². The quantitative estimate of drug-likeness (QED) is 0.660. The van der Waals surface area contributed by atoms with Crippen molar-refractivity contribution in [3.63, 3.8) is 0 Å². The minimum absolute atomic E-state index is 0.156. The third kappa shape index (κ3) is 4.23. The highest BCUT2D eigenvalue weighted by Gasteiger charge is 2.13.